The van der Waals surface area contributed by atoms with Gasteiger partial charge in [0.1, 0.15) is 0 Å². The summed E-state index contributed by atoms with van der Waals surface area (Å²) in [6.45, 7) is 4.27. The van der Waals surface area contributed by atoms with Crippen LogP contribution in [0.15, 0.2) is 27.7 Å². The van der Waals surface area contributed by atoms with E-state index in [4.69, 9.17) is 5.73 Å². The van der Waals surface area contributed by atoms with E-state index in [1.54, 1.807) is 0 Å². The van der Waals surface area contributed by atoms with Gasteiger partial charge in [0.2, 0.25) is 0 Å². The summed E-state index contributed by atoms with van der Waals surface area (Å²) in [6.07, 6.45) is 0. The number of amides is 2. The lowest BCUT2D eigenvalue weighted by atomic mass is 10.2. The smallest absolute Gasteiger partial charge is 0.326 e. The van der Waals surface area contributed by atoms with Gasteiger partial charge in [-0.2, -0.15) is 0 Å². The minimum atomic E-state index is -0.408. The molecular weight excluding hydrogens is 320 g/mol. The van der Waals surface area contributed by atoms with Crippen molar-refractivity contribution in [2.75, 3.05) is 11.9 Å². The summed E-state index contributed by atoms with van der Waals surface area (Å²) in [7, 11) is 0. The zero-order chi connectivity index (χ0) is 12.8. The number of nitrogens with two attached hydrogens (primary N) is 1. The SMILES string of the molecule is CCN=C(N)NC(=O)Nc1c(C)cccc1Br.Cl. The van der Waals surface area contributed by atoms with Gasteiger partial charge in [0, 0.05) is 11.0 Å². The third kappa shape index (κ3) is 4.93. The summed E-state index contributed by atoms with van der Waals surface area (Å²) >= 11 is 3.37. The Morgan fingerprint density at radius 2 is 2.17 bits per heavy atom. The number of guanidine groups is 1. The van der Waals surface area contributed by atoms with Crippen LogP contribution in [0.25, 0.3) is 0 Å². The molecule has 0 saturated carbocycles. The maximum Gasteiger partial charge on any atom is 0.326 e. The van der Waals surface area contributed by atoms with Gasteiger partial charge in [-0.25, -0.2) is 4.79 Å². The fourth-order valence-corrected chi connectivity index (χ4v) is 1.83. The first-order valence-electron chi connectivity index (χ1n) is 5.17. The first-order chi connectivity index (χ1) is 8.04. The Balaban J connectivity index is 0.00000289. The van der Waals surface area contributed by atoms with E-state index in [0.717, 1.165) is 10.0 Å². The van der Waals surface area contributed by atoms with Crippen LogP contribution in [0, 0.1) is 6.92 Å². The summed E-state index contributed by atoms with van der Waals surface area (Å²) in [5.74, 6) is 0.106. The third-order valence-corrected chi connectivity index (χ3v) is 2.69. The zero-order valence-corrected chi connectivity index (χ0v) is 12.6. The number of carbonyl (C=O) groups excluding carboxylic acids is 1. The standard InChI is InChI=1S/C11H15BrN4O.ClH/c1-3-14-10(13)16-11(17)15-9-7(2)5-4-6-8(9)12;/h4-6H,3H2,1-2H3,(H4,13,14,15,16,17);1H. The van der Waals surface area contributed by atoms with E-state index in [-0.39, 0.29) is 18.4 Å². The lowest BCUT2D eigenvalue weighted by Crippen LogP contribution is -2.39. The van der Waals surface area contributed by atoms with Crippen LogP contribution in [-0.2, 0) is 0 Å². The van der Waals surface area contributed by atoms with Crippen molar-refractivity contribution in [2.24, 2.45) is 10.7 Å². The van der Waals surface area contributed by atoms with Crippen molar-refractivity contribution in [1.82, 2.24) is 5.32 Å². The van der Waals surface area contributed by atoms with Gasteiger partial charge >= 0.3 is 6.03 Å². The molecule has 2 amide bonds. The molecule has 0 fully saturated rings. The number of carbonyl (C=O) groups is 1. The Morgan fingerprint density at radius 3 is 2.72 bits per heavy atom. The van der Waals surface area contributed by atoms with Crippen molar-refractivity contribution in [3.8, 4) is 0 Å². The second-order valence-electron chi connectivity index (χ2n) is 3.37. The molecule has 1 aromatic rings. The molecule has 0 bridgehead atoms. The van der Waals surface area contributed by atoms with Crippen molar-refractivity contribution < 1.29 is 4.79 Å². The number of aryl methyl sites for hydroxylation is 1. The van der Waals surface area contributed by atoms with Gasteiger partial charge in [-0.05, 0) is 41.4 Å². The van der Waals surface area contributed by atoms with Gasteiger partial charge in [0.15, 0.2) is 5.96 Å². The first kappa shape index (κ1) is 16.7. The maximum absolute atomic E-state index is 11.6. The molecule has 5 nitrogen and oxygen atoms in total. The molecule has 0 radical (unpaired) electrons. The van der Waals surface area contributed by atoms with Crippen LogP contribution in [0.1, 0.15) is 12.5 Å². The quantitative estimate of drug-likeness (QED) is 0.574. The number of para-hydroxylation sites is 1. The predicted octanol–water partition coefficient (Wildman–Crippen LogP) is 2.64. The van der Waals surface area contributed by atoms with Crippen molar-refractivity contribution in [3.05, 3.63) is 28.2 Å². The van der Waals surface area contributed by atoms with Crippen LogP contribution >= 0.6 is 28.3 Å². The van der Waals surface area contributed by atoms with Gasteiger partial charge < -0.3 is 11.1 Å². The molecule has 0 aliphatic carbocycles. The number of nitrogens with one attached hydrogen (secondary N) is 2. The molecule has 1 rings (SSSR count). The predicted molar refractivity (Wildman–Crippen MR) is 80.4 cm³/mol. The molecule has 7 heteroatoms. The minimum Gasteiger partial charge on any atom is -0.370 e. The van der Waals surface area contributed by atoms with Crippen LogP contribution < -0.4 is 16.4 Å². The maximum atomic E-state index is 11.6. The van der Waals surface area contributed by atoms with Crippen LogP contribution in [0.4, 0.5) is 10.5 Å². The number of hydrogen-bond acceptors (Lipinski definition) is 2. The normalized spacial score (nSPS) is 10.5. The number of nitrogens with zero attached hydrogens (tertiary/aromatic N) is 1. The number of anilines is 1. The molecule has 0 saturated heterocycles. The average molecular weight is 336 g/mol. The number of benzene rings is 1. The zero-order valence-electron chi connectivity index (χ0n) is 10.2. The van der Waals surface area contributed by atoms with Crippen LogP contribution in [0.2, 0.25) is 0 Å². The van der Waals surface area contributed by atoms with Gasteiger partial charge in [0.25, 0.3) is 0 Å². The third-order valence-electron chi connectivity index (χ3n) is 2.03. The summed E-state index contributed by atoms with van der Waals surface area (Å²) in [4.78, 5) is 15.5. The largest absolute Gasteiger partial charge is 0.370 e. The molecular formula is C11H16BrClN4O. The summed E-state index contributed by atoms with van der Waals surface area (Å²) in [6, 6.07) is 5.25. The van der Waals surface area contributed by atoms with Crippen LogP contribution in [0.3, 0.4) is 0 Å². The molecule has 0 spiro atoms. The number of halogens is 2. The summed E-state index contributed by atoms with van der Waals surface area (Å²) in [5.41, 5.74) is 7.16. The molecule has 0 aliphatic rings. The highest BCUT2D eigenvalue weighted by Crippen LogP contribution is 2.25. The number of hydrogen-bond donors (Lipinski definition) is 3. The Bertz CT molecular complexity index is 430. The van der Waals surface area contributed by atoms with E-state index in [0.29, 0.717) is 12.2 Å². The van der Waals surface area contributed by atoms with Crippen LogP contribution in [0.5, 0.6) is 0 Å². The van der Waals surface area contributed by atoms with Gasteiger partial charge in [-0.15, -0.1) is 12.4 Å². The first-order valence-corrected chi connectivity index (χ1v) is 5.97. The van der Waals surface area contributed by atoms with E-state index in [1.165, 1.54) is 0 Å². The molecule has 0 aromatic heterocycles. The van der Waals surface area contributed by atoms with E-state index in [9.17, 15) is 4.79 Å². The molecule has 100 valence electrons. The summed E-state index contributed by atoms with van der Waals surface area (Å²) in [5, 5.41) is 5.15. The topological polar surface area (TPSA) is 79.5 Å². The molecule has 4 N–H and O–H groups in total. The second kappa shape index (κ2) is 7.94. The lowest BCUT2D eigenvalue weighted by Gasteiger charge is -2.11. The fraction of sp³-hybridized carbons (Fsp3) is 0.273. The van der Waals surface area contributed by atoms with E-state index in [2.05, 4.69) is 31.6 Å². The molecule has 0 aliphatic heterocycles. The highest BCUT2D eigenvalue weighted by Gasteiger charge is 2.08. The van der Waals surface area contributed by atoms with E-state index in [1.807, 2.05) is 32.0 Å². The highest BCUT2D eigenvalue weighted by molar-refractivity contribution is 9.10. The Morgan fingerprint density at radius 1 is 1.50 bits per heavy atom. The molecule has 0 unspecified atom stereocenters. The Hall–Kier alpha value is -1.27. The second-order valence-corrected chi connectivity index (χ2v) is 4.22. The minimum absolute atomic E-state index is 0. The van der Waals surface area contributed by atoms with Gasteiger partial charge in [0.05, 0.1) is 5.69 Å². The number of rotatable bonds is 2. The Labute approximate surface area is 121 Å². The molecule has 1 aromatic carbocycles. The number of urea groups is 1. The Kier molecular flexibility index (Phi) is 7.38. The van der Waals surface area contributed by atoms with Crippen LogP contribution in [-0.4, -0.2) is 18.5 Å². The molecule has 0 atom stereocenters. The average Bonchev–Trinajstić information content (AvgIpc) is 2.24. The lowest BCUT2D eigenvalue weighted by molar-refractivity contribution is 0.256. The van der Waals surface area contributed by atoms with E-state index >= 15 is 0 Å². The van der Waals surface area contributed by atoms with Crippen molar-refractivity contribution in [3.63, 3.8) is 0 Å². The van der Waals surface area contributed by atoms with Crippen molar-refractivity contribution in [1.29, 1.82) is 0 Å². The molecule has 0 heterocycles. The fourth-order valence-electron chi connectivity index (χ4n) is 1.26. The monoisotopic (exact) mass is 334 g/mol. The van der Waals surface area contributed by atoms with Crippen molar-refractivity contribution >= 4 is 46.0 Å². The number of aliphatic imine (C=N–C) groups is 1. The van der Waals surface area contributed by atoms with Gasteiger partial charge in [-0.1, -0.05) is 12.1 Å². The highest BCUT2D eigenvalue weighted by atomic mass is 79.9. The molecule has 18 heavy (non-hydrogen) atoms. The summed E-state index contributed by atoms with van der Waals surface area (Å²) < 4.78 is 0.818. The van der Waals surface area contributed by atoms with Crippen molar-refractivity contribution in [2.45, 2.75) is 13.8 Å². The van der Waals surface area contributed by atoms with E-state index < -0.39 is 6.03 Å². The van der Waals surface area contributed by atoms with Gasteiger partial charge in [-0.3, -0.25) is 10.3 Å².